The molecule has 2 rings (SSSR count). The lowest BCUT2D eigenvalue weighted by Gasteiger charge is -2.23. The summed E-state index contributed by atoms with van der Waals surface area (Å²) in [7, 11) is -3.36. The van der Waals surface area contributed by atoms with E-state index < -0.39 is 10.0 Å². The van der Waals surface area contributed by atoms with E-state index >= 15 is 0 Å². The number of ether oxygens (including phenoxy) is 1. The Morgan fingerprint density at radius 1 is 1.40 bits per heavy atom. The van der Waals surface area contributed by atoms with Crippen LogP contribution in [0.4, 0.5) is 0 Å². The Morgan fingerprint density at radius 3 is 2.80 bits per heavy atom. The predicted molar refractivity (Wildman–Crippen MR) is 78.6 cm³/mol. The molecule has 5 nitrogen and oxygen atoms in total. The summed E-state index contributed by atoms with van der Waals surface area (Å²) in [6.07, 6.45) is 1.87. The van der Waals surface area contributed by atoms with Crippen LogP contribution in [0, 0.1) is 0 Å². The van der Waals surface area contributed by atoms with Crippen molar-refractivity contribution in [3.63, 3.8) is 0 Å². The molecule has 1 fully saturated rings. The third kappa shape index (κ3) is 4.28. The lowest BCUT2D eigenvalue weighted by atomic mass is 10.0. The van der Waals surface area contributed by atoms with E-state index in [9.17, 15) is 8.42 Å². The first-order valence-corrected chi connectivity index (χ1v) is 8.47. The maximum Gasteiger partial charge on any atom is 0.215 e. The summed E-state index contributed by atoms with van der Waals surface area (Å²) in [5.41, 5.74) is 6.87. The van der Waals surface area contributed by atoms with Crippen molar-refractivity contribution in [1.82, 2.24) is 4.72 Å². The molecule has 1 heterocycles. The predicted octanol–water partition coefficient (Wildman–Crippen LogP) is 1.13. The molecule has 0 radical (unpaired) electrons. The summed E-state index contributed by atoms with van der Waals surface area (Å²) in [6.45, 7) is 3.38. The van der Waals surface area contributed by atoms with Crippen LogP contribution in [0.1, 0.15) is 30.9 Å². The van der Waals surface area contributed by atoms with E-state index in [1.54, 1.807) is 6.07 Å². The van der Waals surface area contributed by atoms with E-state index in [0.717, 1.165) is 24.0 Å². The van der Waals surface area contributed by atoms with E-state index in [2.05, 4.69) is 4.72 Å². The van der Waals surface area contributed by atoms with Crippen molar-refractivity contribution in [2.24, 2.45) is 5.73 Å². The highest BCUT2D eigenvalue weighted by Gasteiger charge is 2.31. The van der Waals surface area contributed by atoms with Gasteiger partial charge in [-0.3, -0.25) is 0 Å². The topological polar surface area (TPSA) is 81.4 Å². The third-order valence-electron chi connectivity index (χ3n) is 3.55. The minimum absolute atomic E-state index is 0.0308. The van der Waals surface area contributed by atoms with Gasteiger partial charge in [0.05, 0.1) is 11.4 Å². The first kappa shape index (κ1) is 15.4. The molecule has 0 aromatic heterocycles. The van der Waals surface area contributed by atoms with Gasteiger partial charge in [0, 0.05) is 19.7 Å². The molecule has 0 saturated carbocycles. The molecule has 1 saturated heterocycles. The van der Waals surface area contributed by atoms with Crippen molar-refractivity contribution in [1.29, 1.82) is 0 Å². The molecule has 0 amide bonds. The van der Waals surface area contributed by atoms with Gasteiger partial charge in [-0.1, -0.05) is 24.3 Å². The van der Waals surface area contributed by atoms with Crippen LogP contribution in [-0.2, 0) is 27.1 Å². The summed E-state index contributed by atoms with van der Waals surface area (Å²) < 4.78 is 32.4. The molecule has 1 aliphatic heterocycles. The summed E-state index contributed by atoms with van der Waals surface area (Å²) in [5, 5.41) is 0. The molecule has 6 heteroatoms. The maximum atomic E-state index is 12.1. The Kier molecular flexibility index (Phi) is 4.80. The van der Waals surface area contributed by atoms with Crippen molar-refractivity contribution < 1.29 is 13.2 Å². The first-order valence-electron chi connectivity index (χ1n) is 6.82. The Hall–Kier alpha value is -0.950. The van der Waals surface area contributed by atoms with Gasteiger partial charge in [-0.15, -0.1) is 0 Å². The summed E-state index contributed by atoms with van der Waals surface area (Å²) in [5.74, 6) is -0.0308. The highest BCUT2D eigenvalue weighted by Crippen LogP contribution is 2.24. The van der Waals surface area contributed by atoms with Gasteiger partial charge in [0.1, 0.15) is 0 Å². The summed E-state index contributed by atoms with van der Waals surface area (Å²) >= 11 is 0. The zero-order valence-electron chi connectivity index (χ0n) is 11.8. The zero-order chi connectivity index (χ0) is 14.6. The first-order chi connectivity index (χ1) is 9.42. The molecule has 20 heavy (non-hydrogen) atoms. The molecule has 1 aromatic carbocycles. The Balaban J connectivity index is 1.96. The van der Waals surface area contributed by atoms with Crippen LogP contribution in [0.15, 0.2) is 24.3 Å². The SMILES string of the molecule is CC1(CNS(=O)(=O)Cc2cccc(CN)c2)CCCO1. The average molecular weight is 298 g/mol. The van der Waals surface area contributed by atoms with Gasteiger partial charge in [0.25, 0.3) is 0 Å². The van der Waals surface area contributed by atoms with Crippen LogP contribution >= 0.6 is 0 Å². The number of benzene rings is 1. The van der Waals surface area contributed by atoms with E-state index in [4.69, 9.17) is 10.5 Å². The minimum Gasteiger partial charge on any atom is -0.374 e. The Labute approximate surface area is 120 Å². The molecular weight excluding hydrogens is 276 g/mol. The van der Waals surface area contributed by atoms with Crippen molar-refractivity contribution in [3.05, 3.63) is 35.4 Å². The van der Waals surface area contributed by atoms with Crippen LogP contribution in [0.3, 0.4) is 0 Å². The fraction of sp³-hybridized carbons (Fsp3) is 0.571. The van der Waals surface area contributed by atoms with Gasteiger partial charge < -0.3 is 10.5 Å². The van der Waals surface area contributed by atoms with E-state index in [-0.39, 0.29) is 11.4 Å². The average Bonchev–Trinajstić information content (AvgIpc) is 2.84. The molecule has 1 atom stereocenters. The van der Waals surface area contributed by atoms with Crippen LogP contribution in [0.25, 0.3) is 0 Å². The molecule has 112 valence electrons. The molecule has 1 aromatic rings. The second-order valence-electron chi connectivity index (χ2n) is 5.51. The molecule has 0 bridgehead atoms. The largest absolute Gasteiger partial charge is 0.374 e. The summed E-state index contributed by atoms with van der Waals surface area (Å²) in [6, 6.07) is 7.34. The van der Waals surface area contributed by atoms with E-state index in [0.29, 0.717) is 19.7 Å². The number of sulfonamides is 1. The van der Waals surface area contributed by atoms with Crippen LogP contribution < -0.4 is 10.5 Å². The fourth-order valence-electron chi connectivity index (χ4n) is 2.36. The number of nitrogens with one attached hydrogen (secondary N) is 1. The van der Waals surface area contributed by atoms with Crippen molar-refractivity contribution in [2.75, 3.05) is 13.2 Å². The third-order valence-corrected chi connectivity index (χ3v) is 4.85. The van der Waals surface area contributed by atoms with Crippen molar-refractivity contribution in [2.45, 2.75) is 37.7 Å². The lowest BCUT2D eigenvalue weighted by molar-refractivity contribution is 0.0250. The number of hydrogen-bond acceptors (Lipinski definition) is 4. The van der Waals surface area contributed by atoms with E-state index in [1.165, 1.54) is 0 Å². The smallest absolute Gasteiger partial charge is 0.215 e. The Morgan fingerprint density at radius 2 is 2.15 bits per heavy atom. The molecule has 1 aliphatic rings. The second kappa shape index (κ2) is 6.22. The standard InChI is InChI=1S/C14H22N2O3S/c1-14(6-3-7-19-14)11-16-20(17,18)10-13-5-2-4-12(8-13)9-15/h2,4-5,8,16H,3,6-7,9-11,15H2,1H3. The minimum atomic E-state index is -3.36. The molecule has 0 spiro atoms. The molecular formula is C14H22N2O3S. The van der Waals surface area contributed by atoms with Gasteiger partial charge >= 0.3 is 0 Å². The summed E-state index contributed by atoms with van der Waals surface area (Å²) in [4.78, 5) is 0. The molecule has 3 N–H and O–H groups in total. The van der Waals surface area contributed by atoms with Gasteiger partial charge in [-0.2, -0.15) is 0 Å². The quantitative estimate of drug-likeness (QED) is 0.825. The van der Waals surface area contributed by atoms with Crippen molar-refractivity contribution in [3.8, 4) is 0 Å². The Bertz CT molecular complexity index is 551. The fourth-order valence-corrected chi connectivity index (χ4v) is 3.60. The van der Waals surface area contributed by atoms with Crippen LogP contribution in [0.5, 0.6) is 0 Å². The normalized spacial score (nSPS) is 23.1. The van der Waals surface area contributed by atoms with Crippen LogP contribution in [-0.4, -0.2) is 27.2 Å². The highest BCUT2D eigenvalue weighted by atomic mass is 32.2. The van der Waals surface area contributed by atoms with Gasteiger partial charge in [0.2, 0.25) is 10.0 Å². The van der Waals surface area contributed by atoms with Gasteiger partial charge in [-0.25, -0.2) is 13.1 Å². The zero-order valence-corrected chi connectivity index (χ0v) is 12.6. The van der Waals surface area contributed by atoms with Crippen LogP contribution in [0.2, 0.25) is 0 Å². The second-order valence-corrected chi connectivity index (χ2v) is 7.31. The number of rotatable bonds is 6. The van der Waals surface area contributed by atoms with E-state index in [1.807, 2.05) is 25.1 Å². The highest BCUT2D eigenvalue weighted by molar-refractivity contribution is 7.88. The number of nitrogens with two attached hydrogens (primary N) is 1. The monoisotopic (exact) mass is 298 g/mol. The number of hydrogen-bond donors (Lipinski definition) is 2. The lowest BCUT2D eigenvalue weighted by Crippen LogP contribution is -2.40. The molecule has 0 aliphatic carbocycles. The maximum absolute atomic E-state index is 12.1. The van der Waals surface area contributed by atoms with Crippen molar-refractivity contribution >= 4 is 10.0 Å². The molecule has 1 unspecified atom stereocenters. The van der Waals surface area contributed by atoms with Gasteiger partial charge in [0.15, 0.2) is 0 Å². The van der Waals surface area contributed by atoms with Gasteiger partial charge in [-0.05, 0) is 30.9 Å².